The minimum absolute atomic E-state index is 0.231. The maximum Gasteiger partial charge on any atom is 0.321 e. The molecule has 0 atom stereocenters. The predicted octanol–water partition coefficient (Wildman–Crippen LogP) is 4.99. The molecule has 5 nitrogen and oxygen atoms in total. The number of aromatic nitrogens is 2. The molecule has 2 aromatic heterocycles. The molecule has 132 valence electrons. The number of anilines is 1. The third-order valence-electron chi connectivity index (χ3n) is 3.83. The van der Waals surface area contributed by atoms with E-state index in [-0.39, 0.29) is 6.03 Å². The van der Waals surface area contributed by atoms with Crippen molar-refractivity contribution >= 4 is 66.0 Å². The summed E-state index contributed by atoms with van der Waals surface area (Å²) >= 11 is 4.79. The van der Waals surface area contributed by atoms with E-state index in [4.69, 9.17) is 0 Å². The van der Waals surface area contributed by atoms with Crippen LogP contribution in [0, 0.1) is 0 Å². The van der Waals surface area contributed by atoms with E-state index in [1.54, 1.807) is 23.1 Å². The van der Waals surface area contributed by atoms with E-state index in [0.29, 0.717) is 11.7 Å². The smallest absolute Gasteiger partial charge is 0.321 e. The number of carbonyl (C=O) groups is 1. The van der Waals surface area contributed by atoms with Crippen molar-refractivity contribution < 1.29 is 4.79 Å². The number of benzene rings is 2. The lowest BCUT2D eigenvalue weighted by Crippen LogP contribution is -2.30. The van der Waals surface area contributed by atoms with E-state index in [1.165, 1.54) is 16.9 Å². The van der Waals surface area contributed by atoms with E-state index in [0.717, 1.165) is 31.2 Å². The van der Waals surface area contributed by atoms with Crippen LogP contribution in [0.15, 0.2) is 46.8 Å². The number of fused-ring (bicyclic) bond motifs is 3. The summed E-state index contributed by atoms with van der Waals surface area (Å²) in [5.74, 6) is 0. The molecule has 0 spiro atoms. The van der Waals surface area contributed by atoms with Gasteiger partial charge in [-0.15, -0.1) is 11.3 Å². The second-order valence-electron chi connectivity index (χ2n) is 5.58. The first-order valence-electron chi connectivity index (χ1n) is 8.06. The summed E-state index contributed by atoms with van der Waals surface area (Å²) < 4.78 is 3.23. The number of amides is 2. The Morgan fingerprint density at radius 1 is 1.04 bits per heavy atom. The molecular formula is C18H16N4OS3. The SMILES string of the molecule is CSc1nc2ccc3nc(NC(=O)NCCc4ccccc4)sc3c2s1. The normalized spacial score (nSPS) is 11.1. The number of urea groups is 1. The van der Waals surface area contributed by atoms with Gasteiger partial charge in [0.15, 0.2) is 9.47 Å². The molecule has 26 heavy (non-hydrogen) atoms. The molecule has 0 aliphatic carbocycles. The summed E-state index contributed by atoms with van der Waals surface area (Å²) in [5.41, 5.74) is 3.07. The van der Waals surface area contributed by atoms with Crippen molar-refractivity contribution in [3.05, 3.63) is 48.0 Å². The summed E-state index contributed by atoms with van der Waals surface area (Å²) in [4.78, 5) is 21.2. The van der Waals surface area contributed by atoms with Crippen LogP contribution >= 0.6 is 34.4 Å². The van der Waals surface area contributed by atoms with Crippen LogP contribution in [0.2, 0.25) is 0 Å². The Morgan fingerprint density at radius 2 is 1.77 bits per heavy atom. The number of thioether (sulfide) groups is 1. The van der Waals surface area contributed by atoms with E-state index >= 15 is 0 Å². The highest BCUT2D eigenvalue weighted by atomic mass is 32.2. The van der Waals surface area contributed by atoms with Gasteiger partial charge in [-0.25, -0.2) is 14.8 Å². The van der Waals surface area contributed by atoms with E-state index < -0.39 is 0 Å². The number of nitrogens with one attached hydrogen (secondary N) is 2. The van der Waals surface area contributed by atoms with Gasteiger partial charge in [-0.2, -0.15) is 0 Å². The lowest BCUT2D eigenvalue weighted by Gasteiger charge is -2.05. The Morgan fingerprint density at radius 3 is 2.54 bits per heavy atom. The number of hydrogen-bond acceptors (Lipinski definition) is 6. The average Bonchev–Trinajstić information content (AvgIpc) is 3.25. The molecule has 2 heterocycles. The van der Waals surface area contributed by atoms with Crippen LogP contribution in [-0.4, -0.2) is 28.8 Å². The topological polar surface area (TPSA) is 66.9 Å². The number of hydrogen-bond donors (Lipinski definition) is 2. The van der Waals surface area contributed by atoms with Crippen LogP contribution in [-0.2, 0) is 6.42 Å². The van der Waals surface area contributed by atoms with Crippen molar-refractivity contribution in [2.75, 3.05) is 18.1 Å². The Hall–Kier alpha value is -2.16. The average molecular weight is 401 g/mol. The molecule has 0 bridgehead atoms. The number of rotatable bonds is 5. The molecule has 2 aromatic carbocycles. The maximum absolute atomic E-state index is 12.1. The van der Waals surface area contributed by atoms with Crippen molar-refractivity contribution in [2.45, 2.75) is 10.8 Å². The minimum Gasteiger partial charge on any atom is -0.337 e. The second-order valence-corrected chi connectivity index (χ2v) is 8.63. The first kappa shape index (κ1) is 17.3. The molecule has 0 saturated heterocycles. The minimum atomic E-state index is -0.231. The van der Waals surface area contributed by atoms with Gasteiger partial charge < -0.3 is 5.32 Å². The number of carbonyl (C=O) groups excluding carboxylic acids is 1. The van der Waals surface area contributed by atoms with Crippen molar-refractivity contribution in [3.63, 3.8) is 0 Å². The predicted molar refractivity (Wildman–Crippen MR) is 112 cm³/mol. The fourth-order valence-corrected chi connectivity index (χ4v) is 5.25. The first-order valence-corrected chi connectivity index (χ1v) is 10.9. The van der Waals surface area contributed by atoms with Crippen molar-refractivity contribution in [1.29, 1.82) is 0 Å². The van der Waals surface area contributed by atoms with Crippen LogP contribution in [0.5, 0.6) is 0 Å². The second kappa shape index (κ2) is 7.61. The van der Waals surface area contributed by atoms with Gasteiger partial charge in [-0.3, -0.25) is 5.32 Å². The Labute approximate surface area is 162 Å². The van der Waals surface area contributed by atoms with E-state index in [1.807, 2.05) is 36.6 Å². The van der Waals surface area contributed by atoms with Crippen LogP contribution in [0.3, 0.4) is 0 Å². The first-order chi connectivity index (χ1) is 12.7. The quantitative estimate of drug-likeness (QED) is 0.463. The van der Waals surface area contributed by atoms with E-state index in [9.17, 15) is 4.79 Å². The third kappa shape index (κ3) is 3.67. The zero-order valence-corrected chi connectivity index (χ0v) is 16.4. The summed E-state index contributed by atoms with van der Waals surface area (Å²) in [6.07, 6.45) is 2.82. The maximum atomic E-state index is 12.1. The highest BCUT2D eigenvalue weighted by Gasteiger charge is 2.13. The highest BCUT2D eigenvalue weighted by molar-refractivity contribution is 8.00. The summed E-state index contributed by atoms with van der Waals surface area (Å²) in [7, 11) is 0. The van der Waals surface area contributed by atoms with Crippen molar-refractivity contribution in [2.24, 2.45) is 0 Å². The zero-order valence-electron chi connectivity index (χ0n) is 14.0. The van der Waals surface area contributed by atoms with E-state index in [2.05, 4.69) is 32.7 Å². The van der Waals surface area contributed by atoms with Crippen LogP contribution in [0.1, 0.15) is 5.56 Å². The Bertz CT molecular complexity index is 1060. The fourth-order valence-electron chi connectivity index (χ4n) is 2.60. The van der Waals surface area contributed by atoms with Crippen LogP contribution < -0.4 is 10.6 Å². The van der Waals surface area contributed by atoms with Gasteiger partial charge in [0, 0.05) is 6.54 Å². The van der Waals surface area contributed by atoms with Gasteiger partial charge in [-0.1, -0.05) is 53.4 Å². The lowest BCUT2D eigenvalue weighted by molar-refractivity contribution is 0.252. The van der Waals surface area contributed by atoms with Crippen LogP contribution in [0.4, 0.5) is 9.93 Å². The molecule has 2 amide bonds. The zero-order chi connectivity index (χ0) is 17.9. The van der Waals surface area contributed by atoms with Crippen molar-refractivity contribution in [3.8, 4) is 0 Å². The van der Waals surface area contributed by atoms with Crippen LogP contribution in [0.25, 0.3) is 20.4 Å². The molecule has 2 N–H and O–H groups in total. The standard InChI is InChI=1S/C18H16N4OS3/c1-24-18-21-13-8-7-12-14(15(13)26-18)25-17(20-12)22-16(23)19-10-9-11-5-3-2-4-6-11/h2-8H,9-10H2,1H3,(H2,19,20,22,23). The van der Waals surface area contributed by atoms with Gasteiger partial charge in [0.05, 0.1) is 20.4 Å². The van der Waals surface area contributed by atoms with Gasteiger partial charge in [0.1, 0.15) is 0 Å². The Kier molecular flexibility index (Phi) is 5.05. The fraction of sp³-hybridized carbons (Fsp3) is 0.167. The summed E-state index contributed by atoms with van der Waals surface area (Å²) in [6.45, 7) is 0.580. The van der Waals surface area contributed by atoms with Gasteiger partial charge in [0.25, 0.3) is 0 Å². The molecule has 4 rings (SSSR count). The molecular weight excluding hydrogens is 384 g/mol. The molecule has 0 aliphatic rings. The molecule has 0 aliphatic heterocycles. The molecule has 0 unspecified atom stereocenters. The molecule has 8 heteroatoms. The largest absolute Gasteiger partial charge is 0.337 e. The van der Waals surface area contributed by atoms with Gasteiger partial charge in [-0.05, 0) is 30.4 Å². The molecule has 0 radical (unpaired) electrons. The van der Waals surface area contributed by atoms with Gasteiger partial charge >= 0.3 is 6.03 Å². The summed E-state index contributed by atoms with van der Waals surface area (Å²) in [5, 5.41) is 6.32. The van der Waals surface area contributed by atoms with Gasteiger partial charge in [0.2, 0.25) is 0 Å². The molecule has 0 saturated carbocycles. The highest BCUT2D eigenvalue weighted by Crippen LogP contribution is 2.37. The number of thiazole rings is 2. The lowest BCUT2D eigenvalue weighted by atomic mass is 10.1. The Balaban J connectivity index is 1.44. The molecule has 4 aromatic rings. The van der Waals surface area contributed by atoms with Crippen molar-refractivity contribution in [1.82, 2.24) is 15.3 Å². The summed E-state index contributed by atoms with van der Waals surface area (Å²) in [6, 6.07) is 13.8. The number of nitrogens with zero attached hydrogens (tertiary/aromatic N) is 2. The third-order valence-corrected chi connectivity index (χ3v) is 7.04. The molecule has 0 fully saturated rings. The monoisotopic (exact) mass is 400 g/mol.